The minimum Gasteiger partial charge on any atom is -0.356 e. The van der Waals surface area contributed by atoms with E-state index in [2.05, 4.69) is 36.5 Å². The van der Waals surface area contributed by atoms with Gasteiger partial charge in [-0.15, -0.1) is 0 Å². The highest BCUT2D eigenvalue weighted by Gasteiger charge is 2.03. The Morgan fingerprint density at radius 2 is 1.57 bits per heavy atom. The molecule has 0 aliphatic heterocycles. The number of rotatable bonds is 7. The molecule has 21 heavy (non-hydrogen) atoms. The lowest BCUT2D eigenvalue weighted by atomic mass is 10.0. The minimum atomic E-state index is 0.110. The molecule has 0 bridgehead atoms. The van der Waals surface area contributed by atoms with E-state index in [1.165, 1.54) is 24.0 Å². The summed E-state index contributed by atoms with van der Waals surface area (Å²) < 4.78 is 0. The van der Waals surface area contributed by atoms with Gasteiger partial charge in [0.15, 0.2) is 0 Å². The standard InChI is InChI=1S/C19H23NO/c1-2-3-7-14-20-19(21)15-16-10-12-18(13-11-16)17-8-5-4-6-9-17/h4-6,8-13H,2-3,7,14-15H2,1H3,(H,20,21). The van der Waals surface area contributed by atoms with Crippen LogP contribution in [-0.4, -0.2) is 12.5 Å². The normalized spacial score (nSPS) is 10.3. The van der Waals surface area contributed by atoms with Gasteiger partial charge in [-0.2, -0.15) is 0 Å². The van der Waals surface area contributed by atoms with Crippen molar-refractivity contribution in [3.05, 3.63) is 60.2 Å². The number of unbranched alkanes of at least 4 members (excludes halogenated alkanes) is 2. The molecule has 2 aromatic carbocycles. The molecular formula is C19H23NO. The van der Waals surface area contributed by atoms with E-state index < -0.39 is 0 Å². The molecule has 2 heteroatoms. The molecule has 0 atom stereocenters. The number of nitrogens with one attached hydrogen (secondary N) is 1. The molecule has 2 aromatic rings. The molecule has 1 N–H and O–H groups in total. The van der Waals surface area contributed by atoms with Crippen LogP contribution in [0.5, 0.6) is 0 Å². The number of hydrogen-bond donors (Lipinski definition) is 1. The van der Waals surface area contributed by atoms with Crippen molar-refractivity contribution in [1.82, 2.24) is 5.32 Å². The second-order valence-corrected chi connectivity index (χ2v) is 5.30. The van der Waals surface area contributed by atoms with Gasteiger partial charge in [-0.25, -0.2) is 0 Å². The summed E-state index contributed by atoms with van der Waals surface area (Å²) in [4.78, 5) is 11.8. The third kappa shape index (κ3) is 5.07. The Bertz CT molecular complexity index is 546. The van der Waals surface area contributed by atoms with Crippen molar-refractivity contribution in [2.75, 3.05) is 6.54 Å². The predicted molar refractivity (Wildman–Crippen MR) is 88.1 cm³/mol. The van der Waals surface area contributed by atoms with Crippen LogP contribution in [0.15, 0.2) is 54.6 Å². The summed E-state index contributed by atoms with van der Waals surface area (Å²) in [6.07, 6.45) is 3.87. The first-order valence-electron chi connectivity index (χ1n) is 7.70. The summed E-state index contributed by atoms with van der Waals surface area (Å²) >= 11 is 0. The van der Waals surface area contributed by atoms with Gasteiger partial charge in [-0.05, 0) is 23.1 Å². The lowest BCUT2D eigenvalue weighted by Gasteiger charge is -2.06. The third-order valence-corrected chi connectivity index (χ3v) is 3.53. The molecule has 0 aromatic heterocycles. The molecule has 0 unspecified atom stereocenters. The molecule has 0 saturated carbocycles. The van der Waals surface area contributed by atoms with Crippen LogP contribution in [0.1, 0.15) is 31.7 Å². The van der Waals surface area contributed by atoms with Crippen molar-refractivity contribution >= 4 is 5.91 Å². The van der Waals surface area contributed by atoms with Crippen molar-refractivity contribution in [3.63, 3.8) is 0 Å². The van der Waals surface area contributed by atoms with Gasteiger partial charge in [0.1, 0.15) is 0 Å². The van der Waals surface area contributed by atoms with Gasteiger partial charge in [-0.3, -0.25) is 4.79 Å². The lowest BCUT2D eigenvalue weighted by Crippen LogP contribution is -2.26. The summed E-state index contributed by atoms with van der Waals surface area (Å²) in [7, 11) is 0. The molecule has 2 nitrogen and oxygen atoms in total. The molecule has 0 fully saturated rings. The van der Waals surface area contributed by atoms with Crippen molar-refractivity contribution < 1.29 is 4.79 Å². The van der Waals surface area contributed by atoms with Crippen LogP contribution in [0.2, 0.25) is 0 Å². The minimum absolute atomic E-state index is 0.110. The van der Waals surface area contributed by atoms with Crippen molar-refractivity contribution in [3.8, 4) is 11.1 Å². The van der Waals surface area contributed by atoms with Gasteiger partial charge >= 0.3 is 0 Å². The van der Waals surface area contributed by atoms with E-state index in [1.54, 1.807) is 0 Å². The van der Waals surface area contributed by atoms with Crippen LogP contribution < -0.4 is 5.32 Å². The molecule has 1 amide bonds. The molecule has 0 heterocycles. The fourth-order valence-electron chi connectivity index (χ4n) is 2.30. The summed E-state index contributed by atoms with van der Waals surface area (Å²) in [6.45, 7) is 2.95. The Kier molecular flexibility index (Phi) is 6.01. The molecule has 0 aliphatic rings. The molecule has 0 spiro atoms. The zero-order valence-electron chi connectivity index (χ0n) is 12.6. The van der Waals surface area contributed by atoms with Crippen LogP contribution in [0.25, 0.3) is 11.1 Å². The fourth-order valence-corrected chi connectivity index (χ4v) is 2.30. The number of hydrogen-bond acceptors (Lipinski definition) is 1. The highest BCUT2D eigenvalue weighted by atomic mass is 16.1. The average molecular weight is 281 g/mol. The maximum absolute atomic E-state index is 11.8. The molecule has 0 radical (unpaired) electrons. The van der Waals surface area contributed by atoms with Gasteiger partial charge in [0.05, 0.1) is 6.42 Å². The summed E-state index contributed by atoms with van der Waals surface area (Å²) in [5.41, 5.74) is 3.44. The van der Waals surface area contributed by atoms with Gasteiger partial charge in [-0.1, -0.05) is 74.4 Å². The van der Waals surface area contributed by atoms with Crippen LogP contribution >= 0.6 is 0 Å². The molecule has 2 rings (SSSR count). The average Bonchev–Trinajstić information content (AvgIpc) is 2.53. The van der Waals surface area contributed by atoms with Crippen LogP contribution in [0, 0.1) is 0 Å². The maximum atomic E-state index is 11.8. The van der Waals surface area contributed by atoms with Gasteiger partial charge in [0.2, 0.25) is 5.91 Å². The monoisotopic (exact) mass is 281 g/mol. The smallest absolute Gasteiger partial charge is 0.224 e. The van der Waals surface area contributed by atoms with E-state index >= 15 is 0 Å². The van der Waals surface area contributed by atoms with E-state index in [9.17, 15) is 4.79 Å². The van der Waals surface area contributed by atoms with E-state index in [1.807, 2.05) is 30.3 Å². The van der Waals surface area contributed by atoms with Crippen LogP contribution in [-0.2, 0) is 11.2 Å². The Morgan fingerprint density at radius 1 is 0.905 bits per heavy atom. The summed E-state index contributed by atoms with van der Waals surface area (Å²) in [5.74, 6) is 0.110. The van der Waals surface area contributed by atoms with Gasteiger partial charge < -0.3 is 5.32 Å². The highest BCUT2D eigenvalue weighted by Crippen LogP contribution is 2.19. The zero-order chi connectivity index (χ0) is 14.9. The number of carbonyl (C=O) groups excluding carboxylic acids is 1. The Balaban J connectivity index is 1.86. The Labute approximate surface area is 127 Å². The van der Waals surface area contributed by atoms with Gasteiger partial charge in [0, 0.05) is 6.54 Å². The molecule has 0 saturated heterocycles. The summed E-state index contributed by atoms with van der Waals surface area (Å²) in [6, 6.07) is 18.5. The maximum Gasteiger partial charge on any atom is 0.224 e. The Morgan fingerprint density at radius 3 is 2.24 bits per heavy atom. The lowest BCUT2D eigenvalue weighted by molar-refractivity contribution is -0.120. The van der Waals surface area contributed by atoms with Crippen LogP contribution in [0.4, 0.5) is 0 Å². The number of amides is 1. The van der Waals surface area contributed by atoms with Crippen molar-refractivity contribution in [2.45, 2.75) is 32.6 Å². The SMILES string of the molecule is CCCCCNC(=O)Cc1ccc(-c2ccccc2)cc1. The van der Waals surface area contributed by atoms with Gasteiger partial charge in [0.25, 0.3) is 0 Å². The van der Waals surface area contributed by atoms with Crippen molar-refractivity contribution in [1.29, 1.82) is 0 Å². The first-order valence-corrected chi connectivity index (χ1v) is 7.70. The summed E-state index contributed by atoms with van der Waals surface area (Å²) in [5, 5.41) is 2.97. The zero-order valence-corrected chi connectivity index (χ0v) is 12.6. The largest absolute Gasteiger partial charge is 0.356 e. The first kappa shape index (κ1) is 15.3. The Hall–Kier alpha value is -2.09. The number of carbonyl (C=O) groups is 1. The molecule has 110 valence electrons. The van der Waals surface area contributed by atoms with Crippen LogP contribution in [0.3, 0.4) is 0 Å². The second kappa shape index (κ2) is 8.25. The second-order valence-electron chi connectivity index (χ2n) is 5.30. The third-order valence-electron chi connectivity index (χ3n) is 3.53. The quantitative estimate of drug-likeness (QED) is 0.757. The highest BCUT2D eigenvalue weighted by molar-refractivity contribution is 5.78. The number of benzene rings is 2. The van der Waals surface area contributed by atoms with Crippen molar-refractivity contribution in [2.24, 2.45) is 0 Å². The topological polar surface area (TPSA) is 29.1 Å². The molecule has 0 aliphatic carbocycles. The van der Waals surface area contributed by atoms with E-state index in [4.69, 9.17) is 0 Å². The van der Waals surface area contributed by atoms with E-state index in [-0.39, 0.29) is 5.91 Å². The predicted octanol–water partition coefficient (Wildman–Crippen LogP) is 4.20. The van der Waals surface area contributed by atoms with E-state index in [0.717, 1.165) is 18.5 Å². The molecular weight excluding hydrogens is 258 g/mol. The fraction of sp³-hybridized carbons (Fsp3) is 0.316. The van der Waals surface area contributed by atoms with E-state index in [0.29, 0.717) is 6.42 Å². The first-order chi connectivity index (χ1) is 10.3.